The van der Waals surface area contributed by atoms with Crippen molar-refractivity contribution < 1.29 is 14.3 Å². The van der Waals surface area contributed by atoms with Crippen LogP contribution < -0.4 is 10.2 Å². The van der Waals surface area contributed by atoms with E-state index in [0.717, 1.165) is 45.2 Å². The molecule has 3 heterocycles. The highest BCUT2D eigenvalue weighted by Crippen LogP contribution is 2.43. The molecule has 2 saturated heterocycles. The second kappa shape index (κ2) is 7.85. The van der Waals surface area contributed by atoms with Crippen LogP contribution in [0.15, 0.2) is 18.5 Å². The summed E-state index contributed by atoms with van der Waals surface area (Å²) in [6.07, 6.45) is 4.81. The number of amides is 1. The molecular weight excluding hydrogens is 334 g/mol. The molecule has 1 amide bonds. The van der Waals surface area contributed by atoms with Gasteiger partial charge in [-0.05, 0) is 12.5 Å². The van der Waals surface area contributed by atoms with Crippen molar-refractivity contribution in [2.75, 3.05) is 57.9 Å². The largest absolute Gasteiger partial charge is 0.384 e. The zero-order valence-electron chi connectivity index (χ0n) is 15.2. The molecular formula is C18H27N5O3. The minimum absolute atomic E-state index is 0.103. The summed E-state index contributed by atoms with van der Waals surface area (Å²) >= 11 is 0. The highest BCUT2D eigenvalue weighted by molar-refractivity contribution is 5.78. The van der Waals surface area contributed by atoms with Crippen LogP contribution in [-0.4, -0.2) is 86.0 Å². The molecule has 0 radical (unpaired) electrons. The Kier molecular flexibility index (Phi) is 5.33. The fourth-order valence-electron chi connectivity index (χ4n) is 4.43. The van der Waals surface area contributed by atoms with Crippen LogP contribution in [0.4, 0.5) is 5.95 Å². The summed E-state index contributed by atoms with van der Waals surface area (Å²) < 4.78 is 11.1. The Bertz CT molecular complexity index is 608. The van der Waals surface area contributed by atoms with E-state index in [2.05, 4.69) is 25.1 Å². The second-order valence-corrected chi connectivity index (χ2v) is 7.31. The average molecular weight is 361 g/mol. The first-order valence-corrected chi connectivity index (χ1v) is 9.40. The van der Waals surface area contributed by atoms with E-state index in [9.17, 15) is 4.79 Å². The molecule has 4 atom stereocenters. The highest BCUT2D eigenvalue weighted by Gasteiger charge is 2.54. The van der Waals surface area contributed by atoms with Crippen LogP contribution in [0.2, 0.25) is 0 Å². The van der Waals surface area contributed by atoms with Gasteiger partial charge in [-0.2, -0.15) is 0 Å². The van der Waals surface area contributed by atoms with Gasteiger partial charge in [-0.1, -0.05) is 0 Å². The minimum Gasteiger partial charge on any atom is -0.384 e. The first-order chi connectivity index (χ1) is 12.8. The maximum atomic E-state index is 12.5. The summed E-state index contributed by atoms with van der Waals surface area (Å²) in [5.41, 5.74) is 0. The number of carbonyl (C=O) groups excluding carboxylic acids is 1. The molecule has 0 spiro atoms. The number of nitrogens with zero attached hydrogens (tertiary/aromatic N) is 4. The molecule has 0 aromatic carbocycles. The van der Waals surface area contributed by atoms with Gasteiger partial charge in [0.1, 0.15) is 0 Å². The number of methoxy groups -OCH3 is 1. The number of rotatable bonds is 6. The third-order valence-corrected chi connectivity index (χ3v) is 5.79. The Morgan fingerprint density at radius 3 is 2.81 bits per heavy atom. The summed E-state index contributed by atoms with van der Waals surface area (Å²) in [6.45, 7) is 5.24. The molecule has 3 aliphatic rings. The lowest BCUT2D eigenvalue weighted by Crippen LogP contribution is -2.63. The number of hydrogen-bond acceptors (Lipinski definition) is 7. The molecule has 26 heavy (non-hydrogen) atoms. The number of hydrogen-bond donors (Lipinski definition) is 1. The van der Waals surface area contributed by atoms with E-state index in [1.54, 1.807) is 19.5 Å². The minimum atomic E-state index is 0.103. The van der Waals surface area contributed by atoms with E-state index in [0.29, 0.717) is 19.1 Å². The van der Waals surface area contributed by atoms with Crippen LogP contribution in [0.5, 0.6) is 0 Å². The molecule has 2 aliphatic heterocycles. The van der Waals surface area contributed by atoms with Crippen molar-refractivity contribution in [2.45, 2.75) is 18.6 Å². The summed E-state index contributed by atoms with van der Waals surface area (Å²) in [4.78, 5) is 25.5. The van der Waals surface area contributed by atoms with Gasteiger partial charge in [-0.25, -0.2) is 9.97 Å². The van der Waals surface area contributed by atoms with Gasteiger partial charge in [0.05, 0.1) is 19.3 Å². The van der Waals surface area contributed by atoms with E-state index in [4.69, 9.17) is 9.47 Å². The summed E-state index contributed by atoms with van der Waals surface area (Å²) in [5.74, 6) is 1.60. The quantitative estimate of drug-likeness (QED) is 0.749. The topological polar surface area (TPSA) is 79.8 Å². The average Bonchev–Trinajstić information content (AvgIpc) is 3.10. The number of nitrogens with one attached hydrogen (secondary N) is 1. The smallest absolute Gasteiger partial charge is 0.234 e. The summed E-state index contributed by atoms with van der Waals surface area (Å²) in [6, 6.07) is 2.01. The monoisotopic (exact) mass is 361 g/mol. The van der Waals surface area contributed by atoms with Crippen LogP contribution >= 0.6 is 0 Å². The van der Waals surface area contributed by atoms with Gasteiger partial charge in [0.25, 0.3) is 0 Å². The number of piperazine rings is 1. The van der Waals surface area contributed by atoms with Crippen molar-refractivity contribution in [3.8, 4) is 0 Å². The Morgan fingerprint density at radius 1 is 1.31 bits per heavy atom. The number of anilines is 1. The summed E-state index contributed by atoms with van der Waals surface area (Å²) in [7, 11) is 1.71. The van der Waals surface area contributed by atoms with Gasteiger partial charge in [-0.15, -0.1) is 0 Å². The van der Waals surface area contributed by atoms with Crippen molar-refractivity contribution in [3.05, 3.63) is 18.5 Å². The Morgan fingerprint density at radius 2 is 2.08 bits per heavy atom. The molecule has 142 valence electrons. The third kappa shape index (κ3) is 3.54. The van der Waals surface area contributed by atoms with E-state index in [1.807, 2.05) is 6.07 Å². The van der Waals surface area contributed by atoms with Crippen molar-refractivity contribution in [2.24, 2.45) is 11.8 Å². The van der Waals surface area contributed by atoms with Gasteiger partial charge >= 0.3 is 0 Å². The number of carbonyl (C=O) groups is 1. The zero-order valence-corrected chi connectivity index (χ0v) is 15.2. The molecule has 0 unspecified atom stereocenters. The third-order valence-electron chi connectivity index (χ3n) is 5.79. The standard InChI is InChI=1S/C18H27N5O3/c1-25-12-14-16(13-3-10-26-17(13)14)21-15(24)11-22-6-8-23(9-7-22)18-19-4-2-5-20-18/h2,4-5,13-14,16-17H,3,6-12H2,1H3,(H,21,24)/t13-,14+,16-,17-/m1/s1. The van der Waals surface area contributed by atoms with Crippen LogP contribution in [0.25, 0.3) is 0 Å². The Labute approximate surface area is 153 Å². The van der Waals surface area contributed by atoms with Crippen molar-refractivity contribution in [1.29, 1.82) is 0 Å². The van der Waals surface area contributed by atoms with Crippen molar-refractivity contribution in [1.82, 2.24) is 20.2 Å². The lowest BCUT2D eigenvalue weighted by molar-refractivity contribution is -0.130. The molecule has 1 aliphatic carbocycles. The number of ether oxygens (including phenoxy) is 2. The van der Waals surface area contributed by atoms with Crippen molar-refractivity contribution in [3.63, 3.8) is 0 Å². The van der Waals surface area contributed by atoms with E-state index >= 15 is 0 Å². The molecule has 0 bridgehead atoms. The van der Waals surface area contributed by atoms with E-state index in [-0.39, 0.29) is 24.0 Å². The lowest BCUT2D eigenvalue weighted by Gasteiger charge is -2.47. The first kappa shape index (κ1) is 17.6. The number of fused-ring (bicyclic) bond motifs is 1. The molecule has 8 nitrogen and oxygen atoms in total. The van der Waals surface area contributed by atoms with Gasteiger partial charge in [0.2, 0.25) is 11.9 Å². The van der Waals surface area contributed by atoms with Gasteiger partial charge < -0.3 is 19.7 Å². The van der Waals surface area contributed by atoms with Crippen LogP contribution in [-0.2, 0) is 14.3 Å². The predicted octanol–water partition coefficient (Wildman–Crippen LogP) is -0.235. The van der Waals surface area contributed by atoms with E-state index in [1.165, 1.54) is 0 Å². The SMILES string of the molecule is COC[C@H]1[C@H](NC(=O)CN2CCN(c3ncccn3)CC2)[C@H]2CCO[C@H]21. The molecule has 1 saturated carbocycles. The molecule has 8 heteroatoms. The molecule has 1 aromatic rings. The Balaban J connectivity index is 1.24. The van der Waals surface area contributed by atoms with Gasteiger partial charge in [-0.3, -0.25) is 9.69 Å². The van der Waals surface area contributed by atoms with Gasteiger partial charge in [0, 0.05) is 70.2 Å². The maximum Gasteiger partial charge on any atom is 0.234 e. The molecule has 3 fully saturated rings. The zero-order chi connectivity index (χ0) is 17.9. The van der Waals surface area contributed by atoms with Gasteiger partial charge in [0.15, 0.2) is 0 Å². The van der Waals surface area contributed by atoms with Crippen molar-refractivity contribution >= 4 is 11.9 Å². The molecule has 4 rings (SSSR count). The second-order valence-electron chi connectivity index (χ2n) is 7.31. The first-order valence-electron chi connectivity index (χ1n) is 9.40. The summed E-state index contributed by atoms with van der Waals surface area (Å²) in [5, 5.41) is 3.23. The van der Waals surface area contributed by atoms with Crippen LogP contribution in [0.3, 0.4) is 0 Å². The molecule has 1 N–H and O–H groups in total. The predicted molar refractivity (Wildman–Crippen MR) is 95.8 cm³/mol. The van der Waals surface area contributed by atoms with E-state index < -0.39 is 0 Å². The van der Waals surface area contributed by atoms with Crippen LogP contribution in [0.1, 0.15) is 6.42 Å². The lowest BCUT2D eigenvalue weighted by atomic mass is 9.67. The maximum absolute atomic E-state index is 12.5. The Hall–Kier alpha value is -1.77. The molecule has 1 aromatic heterocycles. The number of aromatic nitrogens is 2. The van der Waals surface area contributed by atoms with Crippen LogP contribution in [0, 0.1) is 11.8 Å². The highest BCUT2D eigenvalue weighted by atomic mass is 16.5. The fraction of sp³-hybridized carbons (Fsp3) is 0.722. The fourth-order valence-corrected chi connectivity index (χ4v) is 4.43. The normalized spacial score (nSPS) is 31.3.